The second-order valence-corrected chi connectivity index (χ2v) is 9.58. The lowest BCUT2D eigenvalue weighted by Crippen LogP contribution is -2.56. The second kappa shape index (κ2) is 9.73. The number of carbonyl (C=O) groups is 1. The summed E-state index contributed by atoms with van der Waals surface area (Å²) in [4.78, 5) is 23.6. The molecular weight excluding hydrogens is 487 g/mol. The Morgan fingerprint density at radius 1 is 1.14 bits per heavy atom. The molecular formula is C26H26F3N5O3. The number of rotatable bonds is 4. The van der Waals surface area contributed by atoms with Gasteiger partial charge in [-0.3, -0.25) is 9.78 Å². The van der Waals surface area contributed by atoms with E-state index >= 15 is 0 Å². The van der Waals surface area contributed by atoms with Crippen molar-refractivity contribution in [1.82, 2.24) is 9.97 Å². The summed E-state index contributed by atoms with van der Waals surface area (Å²) >= 11 is 0. The van der Waals surface area contributed by atoms with Crippen molar-refractivity contribution in [3.63, 3.8) is 0 Å². The van der Waals surface area contributed by atoms with Crippen molar-refractivity contribution in [3.8, 4) is 11.1 Å². The minimum atomic E-state index is -1.23. The lowest BCUT2D eigenvalue weighted by atomic mass is 9.92. The van der Waals surface area contributed by atoms with E-state index in [0.29, 0.717) is 43.0 Å². The molecule has 11 heteroatoms. The minimum absolute atomic E-state index is 0.163. The molecule has 0 spiro atoms. The highest BCUT2D eigenvalue weighted by Crippen LogP contribution is 2.42. The van der Waals surface area contributed by atoms with E-state index in [1.807, 2.05) is 11.8 Å². The summed E-state index contributed by atoms with van der Waals surface area (Å²) in [5.74, 6) is -4.14. The van der Waals surface area contributed by atoms with Crippen LogP contribution in [0.1, 0.15) is 41.2 Å². The smallest absolute Gasteiger partial charge is 0.275 e. The average molecular weight is 514 g/mol. The van der Waals surface area contributed by atoms with E-state index in [1.165, 1.54) is 18.3 Å². The summed E-state index contributed by atoms with van der Waals surface area (Å²) in [5.41, 5.74) is 7.52. The van der Waals surface area contributed by atoms with Gasteiger partial charge in [-0.25, -0.2) is 18.2 Å². The number of anilines is 2. The van der Waals surface area contributed by atoms with Crippen molar-refractivity contribution < 1.29 is 28.2 Å². The SMILES string of the molecule is C[C@H]1CN(c2c(NC(=O)c3ncc(F)cc3-c3cccc(F)c3F)cnc3c2CC[C@H]3O)C[C@@H](N)[C@@H]1O. The quantitative estimate of drug-likeness (QED) is 0.423. The van der Waals surface area contributed by atoms with Gasteiger partial charge in [0.2, 0.25) is 0 Å². The Morgan fingerprint density at radius 2 is 1.92 bits per heavy atom. The maximum Gasteiger partial charge on any atom is 0.275 e. The molecule has 1 aromatic carbocycles. The number of aliphatic hydroxyl groups is 2. The maximum atomic E-state index is 14.6. The van der Waals surface area contributed by atoms with Gasteiger partial charge in [0.15, 0.2) is 11.6 Å². The van der Waals surface area contributed by atoms with Gasteiger partial charge in [0, 0.05) is 41.7 Å². The van der Waals surface area contributed by atoms with Crippen molar-refractivity contribution in [3.05, 3.63) is 71.1 Å². The van der Waals surface area contributed by atoms with Crippen LogP contribution < -0.4 is 16.0 Å². The summed E-state index contributed by atoms with van der Waals surface area (Å²) < 4.78 is 42.5. The summed E-state index contributed by atoms with van der Waals surface area (Å²) in [6.07, 6.45) is 1.77. The number of aliphatic hydroxyl groups excluding tert-OH is 2. The molecule has 3 heterocycles. The fraction of sp³-hybridized carbons (Fsp3) is 0.346. The summed E-state index contributed by atoms with van der Waals surface area (Å²) in [6, 6.07) is 3.79. The number of carbonyl (C=O) groups excluding carboxylic acids is 1. The predicted molar refractivity (Wildman–Crippen MR) is 130 cm³/mol. The van der Waals surface area contributed by atoms with Crippen LogP contribution in [0.4, 0.5) is 24.5 Å². The number of fused-ring (bicyclic) bond motifs is 1. The fourth-order valence-electron chi connectivity index (χ4n) is 5.18. The summed E-state index contributed by atoms with van der Waals surface area (Å²) in [7, 11) is 0. The Bertz CT molecular complexity index is 1360. The molecule has 1 fully saturated rings. The number of benzene rings is 1. The zero-order valence-electron chi connectivity index (χ0n) is 20.0. The van der Waals surface area contributed by atoms with Gasteiger partial charge in [-0.15, -0.1) is 0 Å². The van der Waals surface area contributed by atoms with Crippen LogP contribution in [0.2, 0.25) is 0 Å². The van der Waals surface area contributed by atoms with E-state index in [-0.39, 0.29) is 22.7 Å². The molecule has 4 atom stereocenters. The van der Waals surface area contributed by atoms with Crippen LogP contribution in [-0.2, 0) is 6.42 Å². The third-order valence-corrected chi connectivity index (χ3v) is 7.00. The molecule has 0 radical (unpaired) electrons. The standard InChI is InChI=1S/C26H26F3N5O3/c1-12-10-34(11-18(30)25(12)36)24-15-5-6-20(35)22(15)32-9-19(24)33-26(37)23-16(7-13(27)8-31-23)14-3-2-4-17(28)21(14)29/h2-4,7-9,12,18,20,25,35-36H,5-6,10-11,30H2,1H3,(H,33,37)/t12-,18+,20+,25+/m0/s1. The van der Waals surface area contributed by atoms with E-state index in [1.54, 1.807) is 0 Å². The van der Waals surface area contributed by atoms with Gasteiger partial charge in [-0.2, -0.15) is 0 Å². The van der Waals surface area contributed by atoms with Gasteiger partial charge in [-0.1, -0.05) is 19.1 Å². The third kappa shape index (κ3) is 4.54. The van der Waals surface area contributed by atoms with E-state index in [0.717, 1.165) is 23.9 Å². The number of aromatic nitrogens is 2. The van der Waals surface area contributed by atoms with Crippen LogP contribution in [0.25, 0.3) is 11.1 Å². The van der Waals surface area contributed by atoms with Crippen molar-refractivity contribution in [1.29, 1.82) is 0 Å². The molecule has 1 amide bonds. The minimum Gasteiger partial charge on any atom is -0.391 e. The van der Waals surface area contributed by atoms with E-state index in [2.05, 4.69) is 15.3 Å². The molecule has 37 heavy (non-hydrogen) atoms. The summed E-state index contributed by atoms with van der Waals surface area (Å²) in [6.45, 7) is 2.61. The van der Waals surface area contributed by atoms with Gasteiger partial charge in [0.1, 0.15) is 11.5 Å². The molecule has 194 valence electrons. The van der Waals surface area contributed by atoms with Crippen LogP contribution in [0.3, 0.4) is 0 Å². The zero-order chi connectivity index (χ0) is 26.4. The van der Waals surface area contributed by atoms with Crippen LogP contribution in [0.5, 0.6) is 0 Å². The average Bonchev–Trinajstić information content (AvgIpc) is 3.24. The predicted octanol–water partition coefficient (Wildman–Crippen LogP) is 2.94. The molecule has 5 N–H and O–H groups in total. The van der Waals surface area contributed by atoms with Crippen LogP contribution in [-0.4, -0.2) is 51.3 Å². The van der Waals surface area contributed by atoms with Crippen LogP contribution >= 0.6 is 0 Å². The molecule has 0 unspecified atom stereocenters. The van der Waals surface area contributed by atoms with Gasteiger partial charge >= 0.3 is 0 Å². The monoisotopic (exact) mass is 513 g/mol. The molecule has 5 rings (SSSR count). The fourth-order valence-corrected chi connectivity index (χ4v) is 5.18. The van der Waals surface area contributed by atoms with Crippen molar-refractivity contribution in [2.24, 2.45) is 11.7 Å². The molecule has 0 bridgehead atoms. The highest BCUT2D eigenvalue weighted by molar-refractivity contribution is 6.08. The number of nitrogens with two attached hydrogens (primary N) is 1. The first kappa shape index (κ1) is 25.1. The molecule has 1 saturated heterocycles. The summed E-state index contributed by atoms with van der Waals surface area (Å²) in [5, 5.41) is 23.5. The molecule has 2 aliphatic rings. The van der Waals surface area contributed by atoms with Crippen LogP contribution in [0, 0.1) is 23.4 Å². The van der Waals surface area contributed by atoms with E-state index < -0.39 is 41.6 Å². The third-order valence-electron chi connectivity index (χ3n) is 7.00. The Morgan fingerprint density at radius 3 is 2.68 bits per heavy atom. The largest absolute Gasteiger partial charge is 0.391 e. The zero-order valence-corrected chi connectivity index (χ0v) is 20.0. The van der Waals surface area contributed by atoms with E-state index in [4.69, 9.17) is 5.73 Å². The number of nitrogens with one attached hydrogen (secondary N) is 1. The number of hydrogen-bond donors (Lipinski definition) is 4. The number of nitrogens with zero attached hydrogens (tertiary/aromatic N) is 3. The highest BCUT2D eigenvalue weighted by atomic mass is 19.2. The second-order valence-electron chi connectivity index (χ2n) is 9.58. The van der Waals surface area contributed by atoms with Gasteiger partial charge in [0.05, 0.1) is 41.7 Å². The van der Waals surface area contributed by atoms with Crippen molar-refractivity contribution >= 4 is 17.3 Å². The topological polar surface area (TPSA) is 125 Å². The number of halogens is 3. The first-order chi connectivity index (χ1) is 17.7. The Balaban J connectivity index is 1.56. The van der Waals surface area contributed by atoms with Crippen molar-refractivity contribution in [2.75, 3.05) is 23.3 Å². The first-order valence-corrected chi connectivity index (χ1v) is 12.0. The lowest BCUT2D eigenvalue weighted by Gasteiger charge is -2.41. The first-order valence-electron chi connectivity index (χ1n) is 12.0. The molecule has 1 aliphatic heterocycles. The molecule has 2 aromatic heterocycles. The Labute approximate surface area is 211 Å². The number of hydrogen-bond acceptors (Lipinski definition) is 7. The van der Waals surface area contributed by atoms with E-state index in [9.17, 15) is 28.2 Å². The Hall–Kier alpha value is -3.54. The molecule has 1 aliphatic carbocycles. The number of pyridine rings is 2. The maximum absolute atomic E-state index is 14.6. The van der Waals surface area contributed by atoms with Gasteiger partial charge < -0.3 is 26.2 Å². The highest BCUT2D eigenvalue weighted by Gasteiger charge is 2.36. The van der Waals surface area contributed by atoms with Crippen LogP contribution in [0.15, 0.2) is 36.7 Å². The number of piperidine rings is 1. The molecule has 8 nitrogen and oxygen atoms in total. The normalized spacial score (nSPS) is 23.2. The Kier molecular flexibility index (Phi) is 6.61. The molecule has 0 saturated carbocycles. The molecule has 3 aromatic rings. The lowest BCUT2D eigenvalue weighted by molar-refractivity contribution is 0.0784. The van der Waals surface area contributed by atoms with Gasteiger partial charge in [-0.05, 0) is 25.0 Å². The van der Waals surface area contributed by atoms with Crippen molar-refractivity contribution in [2.45, 2.75) is 38.0 Å². The number of amides is 1. The van der Waals surface area contributed by atoms with Gasteiger partial charge in [0.25, 0.3) is 5.91 Å².